The minimum absolute atomic E-state index is 0.142. The van der Waals surface area contributed by atoms with E-state index < -0.39 is 5.82 Å². The van der Waals surface area contributed by atoms with E-state index in [1.807, 2.05) is 30.3 Å². The van der Waals surface area contributed by atoms with E-state index in [1.54, 1.807) is 37.4 Å². The number of carbonyl (C=O) groups is 1. The summed E-state index contributed by atoms with van der Waals surface area (Å²) < 4.78 is 20.3. The van der Waals surface area contributed by atoms with Gasteiger partial charge in [0.05, 0.1) is 19.0 Å². The van der Waals surface area contributed by atoms with Crippen molar-refractivity contribution in [2.75, 3.05) is 14.2 Å². The first kappa shape index (κ1) is 21.2. The number of benzene rings is 3. The van der Waals surface area contributed by atoms with E-state index in [0.29, 0.717) is 16.3 Å². The first-order valence-corrected chi connectivity index (χ1v) is 10.1. The zero-order valence-corrected chi connectivity index (χ0v) is 17.8. The van der Waals surface area contributed by atoms with Crippen LogP contribution in [0.5, 0.6) is 5.75 Å². The molecule has 0 bridgehead atoms. The monoisotopic (exact) mass is 431 g/mol. The summed E-state index contributed by atoms with van der Waals surface area (Å²) in [5, 5.41) is 5.33. The van der Waals surface area contributed by atoms with Crippen LogP contribution in [0, 0.1) is 5.82 Å². The van der Waals surface area contributed by atoms with Crippen LogP contribution < -0.4 is 10.3 Å². The van der Waals surface area contributed by atoms with Gasteiger partial charge in [-0.2, -0.15) is 5.10 Å². The summed E-state index contributed by atoms with van der Waals surface area (Å²) >= 11 is 0. The molecule has 1 amide bonds. The lowest BCUT2D eigenvalue weighted by Gasteiger charge is -2.19. The van der Waals surface area contributed by atoms with Crippen LogP contribution >= 0.6 is 0 Å². The van der Waals surface area contributed by atoms with Crippen molar-refractivity contribution in [2.24, 2.45) is 0 Å². The second-order valence-corrected chi connectivity index (χ2v) is 7.47. The lowest BCUT2D eigenvalue weighted by molar-refractivity contribution is 0.0778. The SMILES string of the molecule is COc1ccc(CN(C)C(=O)c2nn(Cc3ccccc3)c(=O)c3ccccc23)cc1F. The Morgan fingerprint density at radius 3 is 2.38 bits per heavy atom. The predicted molar refractivity (Wildman–Crippen MR) is 120 cm³/mol. The maximum Gasteiger partial charge on any atom is 0.274 e. The Bertz CT molecular complexity index is 1340. The zero-order chi connectivity index (χ0) is 22.7. The van der Waals surface area contributed by atoms with Crippen LogP contribution in [-0.4, -0.2) is 34.7 Å². The highest BCUT2D eigenvalue weighted by molar-refractivity contribution is 6.04. The number of carbonyl (C=O) groups excluding carboxylic acids is 1. The number of fused-ring (bicyclic) bond motifs is 1. The zero-order valence-electron chi connectivity index (χ0n) is 17.8. The number of rotatable bonds is 6. The molecule has 32 heavy (non-hydrogen) atoms. The van der Waals surface area contributed by atoms with Crippen molar-refractivity contribution < 1.29 is 13.9 Å². The Kier molecular flexibility index (Phi) is 5.98. The van der Waals surface area contributed by atoms with Crippen molar-refractivity contribution in [1.82, 2.24) is 14.7 Å². The molecule has 0 aliphatic carbocycles. The third kappa shape index (κ3) is 4.23. The average molecular weight is 431 g/mol. The second-order valence-electron chi connectivity index (χ2n) is 7.47. The van der Waals surface area contributed by atoms with Gasteiger partial charge < -0.3 is 9.64 Å². The van der Waals surface area contributed by atoms with E-state index in [2.05, 4.69) is 5.10 Å². The normalized spacial score (nSPS) is 10.8. The molecule has 6 nitrogen and oxygen atoms in total. The summed E-state index contributed by atoms with van der Waals surface area (Å²) in [6.07, 6.45) is 0. The predicted octanol–water partition coefficient (Wildman–Crippen LogP) is 3.86. The molecule has 4 rings (SSSR count). The van der Waals surface area contributed by atoms with Crippen molar-refractivity contribution in [3.8, 4) is 5.75 Å². The number of hydrogen-bond acceptors (Lipinski definition) is 4. The minimum Gasteiger partial charge on any atom is -0.494 e. The minimum atomic E-state index is -0.495. The molecule has 162 valence electrons. The molecule has 0 spiro atoms. The van der Waals surface area contributed by atoms with Gasteiger partial charge in [-0.25, -0.2) is 9.07 Å². The van der Waals surface area contributed by atoms with E-state index >= 15 is 0 Å². The highest BCUT2D eigenvalue weighted by atomic mass is 19.1. The standard InChI is InChI=1S/C25H22FN3O3/c1-28(15-18-12-13-22(32-2)21(26)14-18)25(31)23-19-10-6-7-11-20(19)24(30)29(27-23)16-17-8-4-3-5-9-17/h3-14H,15-16H2,1-2H3. The van der Waals surface area contributed by atoms with E-state index in [0.717, 1.165) is 5.56 Å². The molecular weight excluding hydrogens is 409 g/mol. The lowest BCUT2D eigenvalue weighted by atomic mass is 10.1. The first-order chi connectivity index (χ1) is 15.5. The van der Waals surface area contributed by atoms with Crippen LogP contribution in [0.4, 0.5) is 4.39 Å². The van der Waals surface area contributed by atoms with E-state index in [-0.39, 0.29) is 36.0 Å². The number of ether oxygens (including phenoxy) is 1. The summed E-state index contributed by atoms with van der Waals surface area (Å²) in [7, 11) is 3.02. The smallest absolute Gasteiger partial charge is 0.274 e. The number of aromatic nitrogens is 2. The molecule has 3 aromatic carbocycles. The number of amides is 1. The highest BCUT2D eigenvalue weighted by Crippen LogP contribution is 2.20. The van der Waals surface area contributed by atoms with Gasteiger partial charge >= 0.3 is 0 Å². The lowest BCUT2D eigenvalue weighted by Crippen LogP contribution is -2.32. The fourth-order valence-electron chi connectivity index (χ4n) is 3.59. The van der Waals surface area contributed by atoms with Gasteiger partial charge in [0.25, 0.3) is 11.5 Å². The van der Waals surface area contributed by atoms with Crippen LogP contribution in [-0.2, 0) is 13.1 Å². The van der Waals surface area contributed by atoms with Crippen molar-refractivity contribution in [3.05, 3.63) is 106 Å². The molecule has 0 aliphatic heterocycles. The van der Waals surface area contributed by atoms with Gasteiger partial charge in [0, 0.05) is 19.0 Å². The molecule has 1 heterocycles. The summed E-state index contributed by atoms with van der Waals surface area (Å²) in [5.41, 5.74) is 1.42. The second kappa shape index (κ2) is 9.01. The number of halogens is 1. The molecule has 0 saturated heterocycles. The summed E-state index contributed by atoms with van der Waals surface area (Å²) in [4.78, 5) is 27.8. The van der Waals surface area contributed by atoms with Gasteiger partial charge in [-0.15, -0.1) is 0 Å². The van der Waals surface area contributed by atoms with Crippen LogP contribution in [0.25, 0.3) is 10.8 Å². The maximum absolute atomic E-state index is 14.1. The molecule has 0 unspecified atom stereocenters. The van der Waals surface area contributed by atoms with Gasteiger partial charge in [0.2, 0.25) is 0 Å². The summed E-state index contributed by atoms with van der Waals surface area (Å²) in [6.45, 7) is 0.422. The van der Waals surface area contributed by atoms with Gasteiger partial charge in [-0.05, 0) is 29.3 Å². The third-order valence-electron chi connectivity index (χ3n) is 5.23. The number of methoxy groups -OCH3 is 1. The van der Waals surface area contributed by atoms with Gasteiger partial charge in [-0.1, -0.05) is 54.6 Å². The van der Waals surface area contributed by atoms with Crippen LogP contribution in [0.15, 0.2) is 77.6 Å². The Morgan fingerprint density at radius 2 is 1.69 bits per heavy atom. The maximum atomic E-state index is 14.1. The highest BCUT2D eigenvalue weighted by Gasteiger charge is 2.20. The number of hydrogen-bond donors (Lipinski definition) is 0. The van der Waals surface area contributed by atoms with Crippen molar-refractivity contribution >= 4 is 16.7 Å². The molecule has 0 saturated carbocycles. The number of nitrogens with zero attached hydrogens (tertiary/aromatic N) is 3. The van der Waals surface area contributed by atoms with Gasteiger partial charge in [-0.3, -0.25) is 9.59 Å². The largest absolute Gasteiger partial charge is 0.494 e. The Hall–Kier alpha value is -4.00. The molecule has 1 aromatic heterocycles. The average Bonchev–Trinajstić information content (AvgIpc) is 2.81. The van der Waals surface area contributed by atoms with Crippen molar-refractivity contribution in [2.45, 2.75) is 13.1 Å². The Labute approximate surface area is 184 Å². The summed E-state index contributed by atoms with van der Waals surface area (Å²) in [6, 6.07) is 21.0. The van der Waals surface area contributed by atoms with Crippen LogP contribution in [0.2, 0.25) is 0 Å². The quantitative estimate of drug-likeness (QED) is 0.465. The molecular formula is C25H22FN3O3. The molecule has 0 aliphatic rings. The fraction of sp³-hybridized carbons (Fsp3) is 0.160. The Balaban J connectivity index is 1.70. The molecule has 0 radical (unpaired) electrons. The van der Waals surface area contributed by atoms with E-state index in [1.165, 1.54) is 28.8 Å². The molecule has 7 heteroatoms. The van der Waals surface area contributed by atoms with Gasteiger partial charge in [0.1, 0.15) is 0 Å². The fourth-order valence-corrected chi connectivity index (χ4v) is 3.59. The Morgan fingerprint density at radius 1 is 1.00 bits per heavy atom. The molecule has 0 N–H and O–H groups in total. The van der Waals surface area contributed by atoms with E-state index in [4.69, 9.17) is 4.74 Å². The van der Waals surface area contributed by atoms with Gasteiger partial charge in [0.15, 0.2) is 17.3 Å². The van der Waals surface area contributed by atoms with Crippen molar-refractivity contribution in [1.29, 1.82) is 0 Å². The molecule has 0 atom stereocenters. The summed E-state index contributed by atoms with van der Waals surface area (Å²) in [5.74, 6) is -0.714. The van der Waals surface area contributed by atoms with Crippen LogP contribution in [0.1, 0.15) is 21.6 Å². The van der Waals surface area contributed by atoms with E-state index in [9.17, 15) is 14.0 Å². The topological polar surface area (TPSA) is 64.4 Å². The van der Waals surface area contributed by atoms with Crippen molar-refractivity contribution in [3.63, 3.8) is 0 Å². The molecule has 4 aromatic rings. The van der Waals surface area contributed by atoms with Crippen LogP contribution in [0.3, 0.4) is 0 Å². The third-order valence-corrected chi connectivity index (χ3v) is 5.23. The first-order valence-electron chi connectivity index (χ1n) is 10.1. The molecule has 0 fully saturated rings.